The first-order valence-corrected chi connectivity index (χ1v) is 14.9. The van der Waals surface area contributed by atoms with E-state index >= 15 is 0 Å². The minimum absolute atomic E-state index is 0.00890. The molecule has 7 nitrogen and oxygen atoms in total. The van der Waals surface area contributed by atoms with Gasteiger partial charge in [-0.25, -0.2) is 8.42 Å². The lowest BCUT2D eigenvalue weighted by Gasteiger charge is -2.34. The molecule has 0 aliphatic heterocycles. The van der Waals surface area contributed by atoms with E-state index in [1.165, 1.54) is 29.2 Å². The minimum Gasteiger partial charge on any atom is -0.352 e. The van der Waals surface area contributed by atoms with Gasteiger partial charge in [-0.1, -0.05) is 84.2 Å². The second kappa shape index (κ2) is 13.5. The van der Waals surface area contributed by atoms with E-state index in [0.29, 0.717) is 10.6 Å². The summed E-state index contributed by atoms with van der Waals surface area (Å²) < 4.78 is 28.6. The second-order valence-corrected chi connectivity index (χ2v) is 12.2. The average Bonchev–Trinajstić information content (AvgIpc) is 2.90. The van der Waals surface area contributed by atoms with Crippen LogP contribution in [0, 0.1) is 0 Å². The van der Waals surface area contributed by atoms with Crippen LogP contribution in [-0.4, -0.2) is 43.8 Å². The highest BCUT2D eigenvalue weighted by Crippen LogP contribution is 2.35. The Kier molecular flexibility index (Phi) is 10.7. The molecule has 0 fully saturated rings. The number of carbonyl (C=O) groups excluding carboxylic acids is 2. The lowest BCUT2D eigenvalue weighted by Crippen LogP contribution is -2.53. The van der Waals surface area contributed by atoms with Crippen LogP contribution in [0.15, 0.2) is 77.7 Å². The molecule has 0 aliphatic carbocycles. The normalized spacial score (nSPS) is 12.2. The molecule has 0 aromatic heterocycles. The standard InChI is InChI=1S/C28H30Cl3N3O4S/c1-4-24(28(36)32-19(2)3)33(17-20-11-8-9-14-22(20)29)26(35)18-34(25-16-10-15-23(30)27(25)31)39(37,38)21-12-6-5-7-13-21/h5-16,19,24H,4,17-18H2,1-3H3,(H,32,36). The van der Waals surface area contributed by atoms with E-state index in [-0.39, 0.29) is 45.5 Å². The Morgan fingerprint density at radius 3 is 2.10 bits per heavy atom. The predicted molar refractivity (Wildman–Crippen MR) is 157 cm³/mol. The van der Waals surface area contributed by atoms with Gasteiger partial charge in [-0.15, -0.1) is 0 Å². The number of benzene rings is 3. The van der Waals surface area contributed by atoms with Gasteiger partial charge in [0.2, 0.25) is 11.8 Å². The second-order valence-electron chi connectivity index (χ2n) is 9.10. The van der Waals surface area contributed by atoms with E-state index in [2.05, 4.69) is 5.32 Å². The van der Waals surface area contributed by atoms with Gasteiger partial charge in [0.05, 0.1) is 20.6 Å². The number of carbonyl (C=O) groups is 2. The number of sulfonamides is 1. The van der Waals surface area contributed by atoms with Crippen molar-refractivity contribution in [2.75, 3.05) is 10.8 Å². The zero-order valence-corrected chi connectivity index (χ0v) is 24.9. The lowest BCUT2D eigenvalue weighted by atomic mass is 10.1. The summed E-state index contributed by atoms with van der Waals surface area (Å²) in [7, 11) is -4.26. The summed E-state index contributed by atoms with van der Waals surface area (Å²) in [6, 6.07) is 18.2. The summed E-state index contributed by atoms with van der Waals surface area (Å²) in [5.41, 5.74) is 0.653. The molecule has 0 spiro atoms. The van der Waals surface area contributed by atoms with E-state index in [1.54, 1.807) is 55.5 Å². The molecule has 0 heterocycles. The molecule has 0 aliphatic rings. The fourth-order valence-corrected chi connectivity index (χ4v) is 6.12. The number of amides is 2. The van der Waals surface area contributed by atoms with Crippen molar-refractivity contribution in [2.24, 2.45) is 0 Å². The summed E-state index contributed by atoms with van der Waals surface area (Å²) in [5, 5.41) is 3.38. The number of rotatable bonds is 11. The summed E-state index contributed by atoms with van der Waals surface area (Å²) in [6.45, 7) is 4.78. The maximum Gasteiger partial charge on any atom is 0.264 e. The summed E-state index contributed by atoms with van der Waals surface area (Å²) in [5.74, 6) is -0.970. The van der Waals surface area contributed by atoms with Crippen molar-refractivity contribution < 1.29 is 18.0 Å². The molecule has 2 amide bonds. The molecular formula is C28H30Cl3N3O4S. The number of hydrogen-bond donors (Lipinski definition) is 1. The van der Waals surface area contributed by atoms with Crippen molar-refractivity contribution in [1.29, 1.82) is 0 Å². The Morgan fingerprint density at radius 2 is 1.49 bits per heavy atom. The molecule has 3 aromatic carbocycles. The number of halogens is 3. The van der Waals surface area contributed by atoms with Gasteiger partial charge in [-0.3, -0.25) is 13.9 Å². The zero-order valence-electron chi connectivity index (χ0n) is 21.8. The van der Waals surface area contributed by atoms with Gasteiger partial charge >= 0.3 is 0 Å². The first-order chi connectivity index (χ1) is 18.5. The van der Waals surface area contributed by atoms with Crippen molar-refractivity contribution in [3.63, 3.8) is 0 Å². The van der Waals surface area contributed by atoms with Crippen LogP contribution >= 0.6 is 34.8 Å². The van der Waals surface area contributed by atoms with Crippen molar-refractivity contribution in [3.05, 3.63) is 93.4 Å². The van der Waals surface area contributed by atoms with Crippen LogP contribution in [0.25, 0.3) is 0 Å². The fourth-order valence-electron chi connectivity index (χ4n) is 4.03. The number of anilines is 1. The highest BCUT2D eigenvalue weighted by molar-refractivity contribution is 7.92. The monoisotopic (exact) mass is 609 g/mol. The average molecular weight is 611 g/mol. The third kappa shape index (κ3) is 7.45. The van der Waals surface area contributed by atoms with E-state index in [9.17, 15) is 18.0 Å². The molecule has 208 valence electrons. The third-order valence-electron chi connectivity index (χ3n) is 5.93. The molecular weight excluding hydrogens is 581 g/mol. The topological polar surface area (TPSA) is 86.8 Å². The Bertz CT molecular complexity index is 1420. The first kappa shape index (κ1) is 30.8. The molecule has 3 aromatic rings. The highest BCUT2D eigenvalue weighted by atomic mass is 35.5. The molecule has 11 heteroatoms. The van der Waals surface area contributed by atoms with E-state index < -0.39 is 28.5 Å². The Balaban J connectivity index is 2.11. The van der Waals surface area contributed by atoms with Crippen molar-refractivity contribution in [2.45, 2.75) is 50.7 Å². The van der Waals surface area contributed by atoms with Gasteiger partial charge in [0.25, 0.3) is 10.0 Å². The van der Waals surface area contributed by atoms with Gasteiger partial charge in [0.1, 0.15) is 12.6 Å². The van der Waals surface area contributed by atoms with Crippen LogP contribution < -0.4 is 9.62 Å². The SMILES string of the molecule is CCC(C(=O)NC(C)C)N(Cc1ccccc1Cl)C(=O)CN(c1cccc(Cl)c1Cl)S(=O)(=O)c1ccccc1. The molecule has 0 saturated carbocycles. The molecule has 1 unspecified atom stereocenters. The van der Waals surface area contributed by atoms with Gasteiger partial charge in [-0.05, 0) is 56.2 Å². The minimum atomic E-state index is -4.26. The molecule has 0 radical (unpaired) electrons. The summed E-state index contributed by atoms with van der Waals surface area (Å²) in [4.78, 5) is 28.5. The number of hydrogen-bond acceptors (Lipinski definition) is 4. The van der Waals surface area contributed by atoms with Crippen molar-refractivity contribution in [1.82, 2.24) is 10.2 Å². The largest absolute Gasteiger partial charge is 0.352 e. The van der Waals surface area contributed by atoms with Crippen molar-refractivity contribution >= 4 is 62.3 Å². The molecule has 0 saturated heterocycles. The third-order valence-corrected chi connectivity index (χ3v) is 8.88. The molecule has 39 heavy (non-hydrogen) atoms. The van der Waals surface area contributed by atoms with E-state index in [1.807, 2.05) is 13.8 Å². The van der Waals surface area contributed by atoms with Gasteiger partial charge < -0.3 is 10.2 Å². The first-order valence-electron chi connectivity index (χ1n) is 12.3. The summed E-state index contributed by atoms with van der Waals surface area (Å²) >= 11 is 19.1. The van der Waals surface area contributed by atoms with E-state index in [4.69, 9.17) is 34.8 Å². The Labute approximate surface area is 244 Å². The zero-order chi connectivity index (χ0) is 28.7. The number of nitrogens with zero attached hydrogens (tertiary/aromatic N) is 2. The molecule has 1 atom stereocenters. The van der Waals surface area contributed by atoms with Crippen LogP contribution in [0.2, 0.25) is 15.1 Å². The van der Waals surface area contributed by atoms with Crippen LogP contribution in [-0.2, 0) is 26.2 Å². The molecule has 3 rings (SSSR count). The lowest BCUT2D eigenvalue weighted by molar-refractivity contribution is -0.140. The van der Waals surface area contributed by atoms with Gasteiger partial charge in [0, 0.05) is 17.6 Å². The van der Waals surface area contributed by atoms with Gasteiger partial charge in [-0.2, -0.15) is 0 Å². The van der Waals surface area contributed by atoms with Crippen molar-refractivity contribution in [3.8, 4) is 0 Å². The van der Waals surface area contributed by atoms with E-state index in [0.717, 1.165) is 4.31 Å². The van der Waals surface area contributed by atoms with Gasteiger partial charge in [0.15, 0.2) is 0 Å². The fraction of sp³-hybridized carbons (Fsp3) is 0.286. The Morgan fingerprint density at radius 1 is 0.872 bits per heavy atom. The maximum absolute atomic E-state index is 14.0. The summed E-state index contributed by atoms with van der Waals surface area (Å²) in [6.07, 6.45) is 0.290. The molecule has 1 N–H and O–H groups in total. The smallest absolute Gasteiger partial charge is 0.264 e. The molecule has 0 bridgehead atoms. The quantitative estimate of drug-likeness (QED) is 0.281. The number of nitrogens with one attached hydrogen (secondary N) is 1. The van der Waals surface area contributed by atoms with Crippen LogP contribution in [0.5, 0.6) is 0 Å². The highest BCUT2D eigenvalue weighted by Gasteiger charge is 2.35. The van der Waals surface area contributed by atoms with Crippen LogP contribution in [0.4, 0.5) is 5.69 Å². The maximum atomic E-state index is 14.0. The van der Waals surface area contributed by atoms with Crippen LogP contribution in [0.3, 0.4) is 0 Å². The predicted octanol–water partition coefficient (Wildman–Crippen LogP) is 6.17. The van der Waals surface area contributed by atoms with Crippen LogP contribution in [0.1, 0.15) is 32.8 Å². The Hall–Kier alpha value is -2.78.